The number of halogens is 2. The number of carbonyl (C=O) groups excluding carboxylic acids is 2. The maximum Gasteiger partial charge on any atom is 0.279 e. The van der Waals surface area contributed by atoms with E-state index in [2.05, 4.69) is 10.9 Å². The van der Waals surface area contributed by atoms with Crippen LogP contribution in [-0.4, -0.2) is 17.9 Å². The van der Waals surface area contributed by atoms with Gasteiger partial charge in [0.15, 0.2) is 6.10 Å². The van der Waals surface area contributed by atoms with E-state index in [1.807, 2.05) is 26.0 Å². The number of hydrogen-bond acceptors (Lipinski definition) is 3. The molecule has 2 amide bonds. The Kier molecular flexibility index (Phi) is 6.28. The highest BCUT2D eigenvalue weighted by Crippen LogP contribution is 2.22. The molecule has 7 heteroatoms. The fourth-order valence-corrected chi connectivity index (χ4v) is 2.55. The molecule has 0 bridgehead atoms. The highest BCUT2D eigenvalue weighted by molar-refractivity contribution is 6.36. The standard InChI is InChI=1S/C18H18Cl2N2O3/c1-10-5-4-6-16(11(10)2)25-12(3)17(23)21-22-18(24)14-8-7-13(19)9-15(14)20/h4-9,12H,1-3H3,(H,21,23)(H,22,24). The van der Waals surface area contributed by atoms with Crippen molar-refractivity contribution in [2.45, 2.75) is 26.9 Å². The molecule has 1 unspecified atom stereocenters. The Hall–Kier alpha value is -2.24. The Labute approximate surface area is 156 Å². The fourth-order valence-electron chi connectivity index (χ4n) is 2.06. The normalized spacial score (nSPS) is 11.6. The summed E-state index contributed by atoms with van der Waals surface area (Å²) in [6, 6.07) is 10.1. The molecule has 0 aliphatic heterocycles. The number of ether oxygens (including phenoxy) is 1. The summed E-state index contributed by atoms with van der Waals surface area (Å²) < 4.78 is 5.66. The molecule has 0 aliphatic carbocycles. The van der Waals surface area contributed by atoms with Crippen molar-refractivity contribution in [2.75, 3.05) is 0 Å². The van der Waals surface area contributed by atoms with E-state index in [0.717, 1.165) is 11.1 Å². The first-order valence-electron chi connectivity index (χ1n) is 7.57. The minimum atomic E-state index is -0.790. The van der Waals surface area contributed by atoms with E-state index in [4.69, 9.17) is 27.9 Å². The van der Waals surface area contributed by atoms with Gasteiger partial charge in [-0.15, -0.1) is 0 Å². The van der Waals surface area contributed by atoms with Crippen LogP contribution in [0.25, 0.3) is 0 Å². The van der Waals surface area contributed by atoms with Crippen LogP contribution in [0, 0.1) is 13.8 Å². The first kappa shape index (κ1) is 19.1. The quantitative estimate of drug-likeness (QED) is 0.791. The molecule has 2 aromatic carbocycles. The number of hydrazine groups is 1. The summed E-state index contributed by atoms with van der Waals surface area (Å²) in [6.45, 7) is 5.47. The van der Waals surface area contributed by atoms with Crippen molar-refractivity contribution >= 4 is 35.0 Å². The Morgan fingerprint density at radius 2 is 1.80 bits per heavy atom. The van der Waals surface area contributed by atoms with Gasteiger partial charge in [0, 0.05) is 5.02 Å². The third-order valence-corrected chi connectivity index (χ3v) is 4.25. The zero-order valence-electron chi connectivity index (χ0n) is 14.0. The van der Waals surface area contributed by atoms with E-state index >= 15 is 0 Å². The lowest BCUT2D eigenvalue weighted by Crippen LogP contribution is -2.47. The summed E-state index contributed by atoms with van der Waals surface area (Å²) in [6.07, 6.45) is -0.790. The summed E-state index contributed by atoms with van der Waals surface area (Å²) in [5, 5.41) is 0.611. The summed E-state index contributed by atoms with van der Waals surface area (Å²) in [7, 11) is 0. The smallest absolute Gasteiger partial charge is 0.279 e. The van der Waals surface area contributed by atoms with Gasteiger partial charge in [-0.2, -0.15) is 0 Å². The molecule has 2 N–H and O–H groups in total. The van der Waals surface area contributed by atoms with Gasteiger partial charge in [0.05, 0.1) is 10.6 Å². The molecular weight excluding hydrogens is 363 g/mol. The Morgan fingerprint density at radius 1 is 1.08 bits per heavy atom. The van der Waals surface area contributed by atoms with Crippen molar-refractivity contribution in [3.63, 3.8) is 0 Å². The zero-order valence-corrected chi connectivity index (χ0v) is 15.5. The molecule has 5 nitrogen and oxygen atoms in total. The van der Waals surface area contributed by atoms with Crippen molar-refractivity contribution in [2.24, 2.45) is 0 Å². The van der Waals surface area contributed by atoms with Crippen molar-refractivity contribution in [1.29, 1.82) is 0 Å². The van der Waals surface area contributed by atoms with Crippen LogP contribution >= 0.6 is 23.2 Å². The highest BCUT2D eigenvalue weighted by Gasteiger charge is 2.18. The van der Waals surface area contributed by atoms with Crippen LogP contribution in [0.4, 0.5) is 0 Å². The highest BCUT2D eigenvalue weighted by atomic mass is 35.5. The summed E-state index contributed by atoms with van der Waals surface area (Å²) >= 11 is 11.7. The van der Waals surface area contributed by atoms with Gasteiger partial charge in [-0.3, -0.25) is 20.4 Å². The van der Waals surface area contributed by atoms with Crippen molar-refractivity contribution in [3.05, 3.63) is 63.1 Å². The molecule has 1 atom stereocenters. The molecular formula is C18H18Cl2N2O3. The second-order valence-corrected chi connectivity index (χ2v) is 6.37. The molecule has 0 heterocycles. The van der Waals surface area contributed by atoms with Gasteiger partial charge in [-0.25, -0.2) is 0 Å². The first-order chi connectivity index (χ1) is 11.8. The molecule has 0 aromatic heterocycles. The van der Waals surface area contributed by atoms with Crippen LogP contribution in [0.3, 0.4) is 0 Å². The van der Waals surface area contributed by atoms with Gasteiger partial charge in [0.25, 0.3) is 11.8 Å². The van der Waals surface area contributed by atoms with Crippen molar-refractivity contribution < 1.29 is 14.3 Å². The van der Waals surface area contributed by atoms with E-state index in [0.29, 0.717) is 10.8 Å². The van der Waals surface area contributed by atoms with Crippen molar-refractivity contribution in [1.82, 2.24) is 10.9 Å². The molecule has 0 fully saturated rings. The topological polar surface area (TPSA) is 67.4 Å². The summed E-state index contributed by atoms with van der Waals surface area (Å²) in [5.74, 6) is -0.414. The lowest BCUT2D eigenvalue weighted by atomic mass is 10.1. The van der Waals surface area contributed by atoms with Gasteiger partial charge < -0.3 is 4.74 Å². The molecule has 0 saturated heterocycles. The number of nitrogens with one attached hydrogen (secondary N) is 2. The van der Waals surface area contributed by atoms with Crippen molar-refractivity contribution in [3.8, 4) is 5.75 Å². The molecule has 2 aromatic rings. The lowest BCUT2D eigenvalue weighted by Gasteiger charge is -2.17. The Balaban J connectivity index is 1.95. The predicted molar refractivity (Wildman–Crippen MR) is 98.1 cm³/mol. The van der Waals surface area contributed by atoms with Crippen LogP contribution in [-0.2, 0) is 4.79 Å². The minimum absolute atomic E-state index is 0.193. The van der Waals surface area contributed by atoms with Crippen LogP contribution in [0.1, 0.15) is 28.4 Å². The average molecular weight is 381 g/mol. The predicted octanol–water partition coefficient (Wildman–Crippen LogP) is 3.84. The van der Waals surface area contributed by atoms with E-state index in [1.165, 1.54) is 18.2 Å². The number of amides is 2. The SMILES string of the molecule is Cc1cccc(OC(C)C(=O)NNC(=O)c2ccc(Cl)cc2Cl)c1C. The van der Waals surface area contributed by atoms with E-state index in [9.17, 15) is 9.59 Å². The van der Waals surface area contributed by atoms with E-state index < -0.39 is 17.9 Å². The molecule has 0 radical (unpaired) electrons. The Bertz CT molecular complexity index is 809. The molecule has 2 rings (SSSR count). The van der Waals surface area contributed by atoms with Gasteiger partial charge in [0.1, 0.15) is 5.75 Å². The molecule has 0 aliphatic rings. The summed E-state index contributed by atoms with van der Waals surface area (Å²) in [5.41, 5.74) is 6.85. The zero-order chi connectivity index (χ0) is 18.6. The molecule has 0 saturated carbocycles. The minimum Gasteiger partial charge on any atom is -0.481 e. The monoisotopic (exact) mass is 380 g/mol. The number of carbonyl (C=O) groups is 2. The van der Waals surface area contributed by atoms with Gasteiger partial charge >= 0.3 is 0 Å². The first-order valence-corrected chi connectivity index (χ1v) is 8.33. The number of rotatable bonds is 4. The maximum atomic E-state index is 12.1. The Morgan fingerprint density at radius 3 is 2.48 bits per heavy atom. The second-order valence-electron chi connectivity index (χ2n) is 5.53. The lowest BCUT2D eigenvalue weighted by molar-refractivity contribution is -0.128. The number of aryl methyl sites for hydroxylation is 1. The molecule has 132 valence electrons. The van der Waals surface area contributed by atoms with Crippen LogP contribution in [0.2, 0.25) is 10.0 Å². The third kappa shape index (κ3) is 4.87. The maximum absolute atomic E-state index is 12.1. The molecule has 0 spiro atoms. The summed E-state index contributed by atoms with van der Waals surface area (Å²) in [4.78, 5) is 24.2. The van der Waals surface area contributed by atoms with E-state index in [1.54, 1.807) is 13.0 Å². The van der Waals surface area contributed by atoms with E-state index in [-0.39, 0.29) is 10.6 Å². The number of benzene rings is 2. The van der Waals surface area contributed by atoms with Crippen LogP contribution in [0.15, 0.2) is 36.4 Å². The average Bonchev–Trinajstić information content (AvgIpc) is 2.56. The fraction of sp³-hybridized carbons (Fsp3) is 0.222. The largest absolute Gasteiger partial charge is 0.481 e. The third-order valence-electron chi connectivity index (χ3n) is 3.70. The van der Waals surface area contributed by atoms with Gasteiger partial charge in [-0.1, -0.05) is 35.3 Å². The number of hydrogen-bond donors (Lipinski definition) is 2. The molecule has 25 heavy (non-hydrogen) atoms. The van der Waals surface area contributed by atoms with Gasteiger partial charge in [-0.05, 0) is 56.2 Å². The second kappa shape index (κ2) is 8.23. The van der Waals surface area contributed by atoms with Crippen LogP contribution in [0.5, 0.6) is 5.75 Å². The van der Waals surface area contributed by atoms with Gasteiger partial charge in [0.2, 0.25) is 0 Å². The van der Waals surface area contributed by atoms with Crippen LogP contribution < -0.4 is 15.6 Å².